The van der Waals surface area contributed by atoms with Gasteiger partial charge in [-0.3, -0.25) is 9.59 Å². The Kier molecular flexibility index (Phi) is 4.53. The highest BCUT2D eigenvalue weighted by molar-refractivity contribution is 6.31. The maximum absolute atomic E-state index is 12.8. The van der Waals surface area contributed by atoms with E-state index in [1.54, 1.807) is 38.4 Å². The predicted octanol–water partition coefficient (Wildman–Crippen LogP) is 4.93. The van der Waals surface area contributed by atoms with Crippen molar-refractivity contribution < 1.29 is 9.59 Å². The summed E-state index contributed by atoms with van der Waals surface area (Å²) in [6, 6.07) is 18.5. The number of halogens is 1. The molecule has 3 aromatic carbocycles. The van der Waals surface area contributed by atoms with Crippen LogP contribution in [-0.2, 0) is 0 Å². The molecule has 4 rings (SSSR count). The maximum Gasteiger partial charge on any atom is 0.272 e. The lowest BCUT2D eigenvalue weighted by atomic mass is 10.0. The molecule has 6 heteroatoms. The quantitative estimate of drug-likeness (QED) is 0.520. The number of carbonyl (C=O) groups excluding carboxylic acids is 2. The lowest BCUT2D eigenvalue weighted by Crippen LogP contribution is -2.24. The minimum Gasteiger partial charge on any atom is -0.351 e. The van der Waals surface area contributed by atoms with Gasteiger partial charge < -0.3 is 15.2 Å². The Morgan fingerprint density at radius 2 is 1.64 bits per heavy atom. The van der Waals surface area contributed by atoms with Crippen LogP contribution >= 0.6 is 11.6 Å². The van der Waals surface area contributed by atoms with E-state index in [0.29, 0.717) is 22.0 Å². The number of amides is 2. The van der Waals surface area contributed by atoms with Crippen molar-refractivity contribution in [1.82, 2.24) is 9.88 Å². The summed E-state index contributed by atoms with van der Waals surface area (Å²) in [5, 5.41) is 6.21. The van der Waals surface area contributed by atoms with Crippen LogP contribution in [-0.4, -0.2) is 35.8 Å². The van der Waals surface area contributed by atoms with Crippen LogP contribution in [0.5, 0.6) is 0 Å². The molecule has 0 atom stereocenters. The van der Waals surface area contributed by atoms with E-state index in [4.69, 9.17) is 11.6 Å². The highest BCUT2D eigenvalue weighted by Gasteiger charge is 2.18. The Hall–Kier alpha value is -3.31. The Morgan fingerprint density at radius 1 is 0.929 bits per heavy atom. The number of carbonyl (C=O) groups is 2. The molecule has 28 heavy (non-hydrogen) atoms. The molecular weight excluding hydrogens is 374 g/mol. The fourth-order valence-electron chi connectivity index (χ4n) is 3.18. The molecule has 0 saturated heterocycles. The minimum atomic E-state index is -0.324. The van der Waals surface area contributed by atoms with Crippen molar-refractivity contribution in [2.45, 2.75) is 0 Å². The fourth-order valence-corrected chi connectivity index (χ4v) is 3.36. The molecule has 1 aromatic heterocycles. The molecule has 5 nitrogen and oxygen atoms in total. The average Bonchev–Trinajstić information content (AvgIpc) is 3.10. The van der Waals surface area contributed by atoms with Crippen LogP contribution in [0.3, 0.4) is 0 Å². The first-order chi connectivity index (χ1) is 13.4. The topological polar surface area (TPSA) is 65.2 Å². The van der Waals surface area contributed by atoms with E-state index in [2.05, 4.69) is 10.3 Å². The molecule has 0 spiro atoms. The summed E-state index contributed by atoms with van der Waals surface area (Å²) in [5.74, 6) is -0.500. The summed E-state index contributed by atoms with van der Waals surface area (Å²) < 4.78 is 0. The van der Waals surface area contributed by atoms with Crippen LogP contribution in [0.4, 0.5) is 5.69 Å². The van der Waals surface area contributed by atoms with Crippen LogP contribution < -0.4 is 5.32 Å². The summed E-state index contributed by atoms with van der Waals surface area (Å²) in [6.07, 6.45) is 0. The summed E-state index contributed by atoms with van der Waals surface area (Å²) in [5.41, 5.74) is 2.13. The number of hydrogen-bond acceptors (Lipinski definition) is 2. The average molecular weight is 392 g/mol. The van der Waals surface area contributed by atoms with Crippen molar-refractivity contribution >= 4 is 50.8 Å². The summed E-state index contributed by atoms with van der Waals surface area (Å²) in [7, 11) is 3.37. The zero-order chi connectivity index (χ0) is 19.8. The van der Waals surface area contributed by atoms with Crippen LogP contribution in [0.1, 0.15) is 20.8 Å². The van der Waals surface area contributed by atoms with Crippen LogP contribution in [0.2, 0.25) is 5.02 Å². The Bertz CT molecular complexity index is 1230. The molecule has 2 N–H and O–H groups in total. The highest BCUT2D eigenvalue weighted by Crippen LogP contribution is 2.26. The Morgan fingerprint density at radius 3 is 2.36 bits per heavy atom. The minimum absolute atomic E-state index is 0.176. The predicted molar refractivity (Wildman–Crippen MR) is 113 cm³/mol. The molecule has 0 aliphatic rings. The molecule has 140 valence electrons. The molecule has 0 aliphatic heterocycles. The van der Waals surface area contributed by atoms with Gasteiger partial charge in [0.1, 0.15) is 5.69 Å². The fraction of sp³-hybridized carbons (Fsp3) is 0.0909. The zero-order valence-corrected chi connectivity index (χ0v) is 16.2. The lowest BCUT2D eigenvalue weighted by molar-refractivity contribution is 0.0828. The first-order valence-electron chi connectivity index (χ1n) is 8.76. The summed E-state index contributed by atoms with van der Waals surface area (Å²) >= 11 is 6.02. The summed E-state index contributed by atoms with van der Waals surface area (Å²) in [4.78, 5) is 30.1. The van der Waals surface area contributed by atoms with Gasteiger partial charge in [0.25, 0.3) is 11.8 Å². The monoisotopic (exact) mass is 391 g/mol. The second-order valence-corrected chi connectivity index (χ2v) is 7.25. The van der Waals surface area contributed by atoms with E-state index in [9.17, 15) is 9.59 Å². The van der Waals surface area contributed by atoms with Gasteiger partial charge in [0.2, 0.25) is 0 Å². The molecule has 0 saturated carbocycles. The third-order valence-electron chi connectivity index (χ3n) is 4.60. The standard InChI is InChI=1S/C22H18ClN3O2/c1-26(2)22(28)17-10-13-5-3-4-6-14(13)11-19(17)25-21(27)20-12-15-9-16(23)7-8-18(15)24-20/h3-12,24H,1-2H3,(H,25,27). The molecule has 0 unspecified atom stereocenters. The smallest absolute Gasteiger partial charge is 0.272 e. The van der Waals surface area contributed by atoms with E-state index < -0.39 is 0 Å². The van der Waals surface area contributed by atoms with Gasteiger partial charge in [0, 0.05) is 30.0 Å². The van der Waals surface area contributed by atoms with E-state index in [0.717, 1.165) is 21.7 Å². The van der Waals surface area contributed by atoms with E-state index >= 15 is 0 Å². The van der Waals surface area contributed by atoms with Gasteiger partial charge in [0.15, 0.2) is 0 Å². The van der Waals surface area contributed by atoms with Gasteiger partial charge >= 0.3 is 0 Å². The third-order valence-corrected chi connectivity index (χ3v) is 4.83. The van der Waals surface area contributed by atoms with Crippen molar-refractivity contribution in [3.05, 3.63) is 76.9 Å². The number of aromatic amines is 1. The molecule has 2 amide bonds. The van der Waals surface area contributed by atoms with Crippen molar-refractivity contribution in [3.63, 3.8) is 0 Å². The lowest BCUT2D eigenvalue weighted by Gasteiger charge is -2.16. The van der Waals surface area contributed by atoms with Gasteiger partial charge in [-0.25, -0.2) is 0 Å². The molecule has 0 radical (unpaired) electrons. The molecular formula is C22H18ClN3O2. The Balaban J connectivity index is 1.75. The third kappa shape index (κ3) is 3.32. The van der Waals surface area contributed by atoms with Gasteiger partial charge in [-0.2, -0.15) is 0 Å². The molecule has 0 aliphatic carbocycles. The number of fused-ring (bicyclic) bond motifs is 2. The first-order valence-corrected chi connectivity index (χ1v) is 9.14. The number of anilines is 1. The molecule has 0 bridgehead atoms. The van der Waals surface area contributed by atoms with Gasteiger partial charge in [0.05, 0.1) is 11.3 Å². The largest absolute Gasteiger partial charge is 0.351 e. The zero-order valence-electron chi connectivity index (χ0n) is 15.4. The van der Waals surface area contributed by atoms with Crippen LogP contribution in [0.15, 0.2) is 60.7 Å². The van der Waals surface area contributed by atoms with Crippen LogP contribution in [0, 0.1) is 0 Å². The van der Waals surface area contributed by atoms with Crippen LogP contribution in [0.25, 0.3) is 21.7 Å². The maximum atomic E-state index is 12.8. The Labute approximate surface area is 166 Å². The first kappa shape index (κ1) is 18.1. The normalized spacial score (nSPS) is 11.0. The van der Waals surface area contributed by atoms with Crippen molar-refractivity contribution in [2.75, 3.05) is 19.4 Å². The SMILES string of the molecule is CN(C)C(=O)c1cc2ccccc2cc1NC(=O)c1cc2cc(Cl)ccc2[nH]1. The van der Waals surface area contributed by atoms with Crippen molar-refractivity contribution in [2.24, 2.45) is 0 Å². The van der Waals surface area contributed by atoms with Gasteiger partial charge in [-0.1, -0.05) is 35.9 Å². The number of nitrogens with zero attached hydrogens (tertiary/aromatic N) is 1. The number of nitrogens with one attached hydrogen (secondary N) is 2. The van der Waals surface area contributed by atoms with E-state index in [1.165, 1.54) is 4.90 Å². The second-order valence-electron chi connectivity index (χ2n) is 6.81. The molecule has 4 aromatic rings. The van der Waals surface area contributed by atoms with Gasteiger partial charge in [-0.15, -0.1) is 0 Å². The summed E-state index contributed by atoms with van der Waals surface area (Å²) in [6.45, 7) is 0. The molecule has 1 heterocycles. The van der Waals surface area contributed by atoms with E-state index in [-0.39, 0.29) is 11.8 Å². The second kappa shape index (κ2) is 7.02. The van der Waals surface area contributed by atoms with Gasteiger partial charge in [-0.05, 0) is 47.2 Å². The highest BCUT2D eigenvalue weighted by atomic mass is 35.5. The number of benzene rings is 3. The van der Waals surface area contributed by atoms with Crippen molar-refractivity contribution in [3.8, 4) is 0 Å². The number of aromatic nitrogens is 1. The van der Waals surface area contributed by atoms with Crippen molar-refractivity contribution in [1.29, 1.82) is 0 Å². The molecule has 0 fully saturated rings. The number of rotatable bonds is 3. The van der Waals surface area contributed by atoms with E-state index in [1.807, 2.05) is 36.4 Å². The number of hydrogen-bond donors (Lipinski definition) is 2. The number of H-pyrrole nitrogens is 1.